The molecule has 0 radical (unpaired) electrons. The van der Waals surface area contributed by atoms with E-state index in [9.17, 15) is 16.8 Å². The number of benzene rings is 1. The Morgan fingerprint density at radius 2 is 1.22 bits per heavy atom. The zero-order chi connectivity index (χ0) is 19.5. The number of halogens is 1. The molecule has 0 bridgehead atoms. The third-order valence-electron chi connectivity index (χ3n) is 5.36. The molecule has 0 heterocycles. The normalized spacial score (nSPS) is 20.6. The van der Waals surface area contributed by atoms with Gasteiger partial charge in [-0.3, -0.25) is 0 Å². The minimum absolute atomic E-state index is 0.0231. The Kier molecular flexibility index (Phi) is 6.84. The summed E-state index contributed by atoms with van der Waals surface area (Å²) >= 11 is 6.11. The average Bonchev–Trinajstić information content (AvgIpc) is 2.62. The van der Waals surface area contributed by atoms with Crippen molar-refractivity contribution in [2.24, 2.45) is 0 Å². The highest BCUT2D eigenvalue weighted by molar-refractivity contribution is 7.90. The SMILES string of the molecule is O=S(=O)(NC1CCCCC1)c1ccc(Cl)c(S(=O)(=O)NC2CCCCC2)c1. The molecule has 2 aliphatic rings. The van der Waals surface area contributed by atoms with E-state index < -0.39 is 20.0 Å². The Hall–Kier alpha value is -0.670. The first-order valence-electron chi connectivity index (χ1n) is 9.62. The molecule has 0 aromatic heterocycles. The molecule has 2 saturated carbocycles. The summed E-state index contributed by atoms with van der Waals surface area (Å²) in [6.45, 7) is 0. The van der Waals surface area contributed by atoms with Gasteiger partial charge >= 0.3 is 0 Å². The molecule has 1 aromatic carbocycles. The summed E-state index contributed by atoms with van der Waals surface area (Å²) in [4.78, 5) is -0.247. The van der Waals surface area contributed by atoms with Gasteiger partial charge in [0.05, 0.1) is 9.92 Å². The lowest BCUT2D eigenvalue weighted by atomic mass is 9.96. The van der Waals surface area contributed by atoms with Gasteiger partial charge in [-0.25, -0.2) is 26.3 Å². The predicted octanol–water partition coefficient (Wildman–Crippen LogP) is 3.56. The zero-order valence-corrected chi connectivity index (χ0v) is 17.7. The minimum atomic E-state index is -3.88. The van der Waals surface area contributed by atoms with Crippen LogP contribution in [0, 0.1) is 0 Å². The summed E-state index contributed by atoms with van der Waals surface area (Å²) in [5, 5.41) is 0.0231. The first-order valence-corrected chi connectivity index (χ1v) is 13.0. The second-order valence-corrected chi connectivity index (χ2v) is 11.3. The van der Waals surface area contributed by atoms with Crippen LogP contribution in [0.15, 0.2) is 28.0 Å². The maximum Gasteiger partial charge on any atom is 0.242 e. The lowest BCUT2D eigenvalue weighted by molar-refractivity contribution is 0.412. The van der Waals surface area contributed by atoms with Crippen LogP contribution in [-0.2, 0) is 20.0 Å². The molecule has 3 rings (SSSR count). The third kappa shape index (κ3) is 5.44. The van der Waals surface area contributed by atoms with Crippen LogP contribution in [0.5, 0.6) is 0 Å². The Balaban J connectivity index is 1.82. The summed E-state index contributed by atoms with van der Waals surface area (Å²) in [6, 6.07) is 3.64. The van der Waals surface area contributed by atoms with Crippen LogP contribution < -0.4 is 9.44 Å². The maximum atomic E-state index is 12.8. The van der Waals surface area contributed by atoms with E-state index in [0.29, 0.717) is 0 Å². The van der Waals surface area contributed by atoms with Crippen LogP contribution in [0.3, 0.4) is 0 Å². The molecule has 2 N–H and O–H groups in total. The van der Waals surface area contributed by atoms with E-state index in [1.807, 2.05) is 0 Å². The van der Waals surface area contributed by atoms with Gasteiger partial charge in [0.15, 0.2) is 0 Å². The van der Waals surface area contributed by atoms with Gasteiger partial charge in [0.1, 0.15) is 4.90 Å². The molecule has 9 heteroatoms. The smallest absolute Gasteiger partial charge is 0.208 e. The molecule has 0 saturated heterocycles. The second kappa shape index (κ2) is 8.78. The summed E-state index contributed by atoms with van der Waals surface area (Å²) in [6.07, 6.45) is 9.39. The molecule has 0 spiro atoms. The van der Waals surface area contributed by atoms with Gasteiger partial charge in [0.25, 0.3) is 0 Å². The molecule has 6 nitrogen and oxygen atoms in total. The van der Waals surface area contributed by atoms with Crippen molar-refractivity contribution in [3.63, 3.8) is 0 Å². The van der Waals surface area contributed by atoms with Crippen molar-refractivity contribution in [2.75, 3.05) is 0 Å². The Morgan fingerprint density at radius 3 is 1.74 bits per heavy atom. The molecule has 152 valence electrons. The van der Waals surface area contributed by atoms with Crippen molar-refractivity contribution >= 4 is 31.6 Å². The van der Waals surface area contributed by atoms with Crippen molar-refractivity contribution in [2.45, 2.75) is 86.1 Å². The Labute approximate surface area is 167 Å². The van der Waals surface area contributed by atoms with E-state index in [1.165, 1.54) is 18.2 Å². The second-order valence-electron chi connectivity index (χ2n) is 7.50. The van der Waals surface area contributed by atoms with Crippen molar-refractivity contribution < 1.29 is 16.8 Å². The molecular weight excluding hydrogens is 408 g/mol. The lowest BCUT2D eigenvalue weighted by Crippen LogP contribution is -2.37. The highest BCUT2D eigenvalue weighted by Gasteiger charge is 2.27. The number of hydrogen-bond donors (Lipinski definition) is 2. The quantitative estimate of drug-likeness (QED) is 0.715. The molecule has 0 amide bonds. The fourth-order valence-corrected chi connectivity index (χ4v) is 7.10. The molecule has 0 aliphatic heterocycles. The third-order valence-corrected chi connectivity index (χ3v) is 8.88. The first-order chi connectivity index (χ1) is 12.8. The summed E-state index contributed by atoms with van der Waals surface area (Å²) < 4.78 is 56.4. The minimum Gasteiger partial charge on any atom is -0.208 e. The predicted molar refractivity (Wildman–Crippen MR) is 106 cm³/mol. The van der Waals surface area contributed by atoms with Gasteiger partial charge in [-0.1, -0.05) is 50.1 Å². The average molecular weight is 435 g/mol. The van der Waals surface area contributed by atoms with Gasteiger partial charge in [0.2, 0.25) is 20.0 Å². The highest BCUT2D eigenvalue weighted by atomic mass is 35.5. The number of sulfonamides is 2. The zero-order valence-electron chi connectivity index (χ0n) is 15.3. The van der Waals surface area contributed by atoms with E-state index >= 15 is 0 Å². The number of hydrogen-bond acceptors (Lipinski definition) is 4. The van der Waals surface area contributed by atoms with E-state index in [0.717, 1.165) is 64.2 Å². The number of nitrogens with one attached hydrogen (secondary N) is 2. The molecule has 27 heavy (non-hydrogen) atoms. The van der Waals surface area contributed by atoms with Crippen LogP contribution in [0.2, 0.25) is 5.02 Å². The van der Waals surface area contributed by atoms with Gasteiger partial charge in [0, 0.05) is 12.1 Å². The molecule has 2 fully saturated rings. The summed E-state index contributed by atoms with van der Waals surface area (Å²) in [7, 11) is -7.67. The van der Waals surface area contributed by atoms with Gasteiger partial charge in [-0.15, -0.1) is 0 Å². The Morgan fingerprint density at radius 1 is 0.741 bits per heavy atom. The van der Waals surface area contributed by atoms with Gasteiger partial charge in [-0.2, -0.15) is 0 Å². The van der Waals surface area contributed by atoms with Crippen molar-refractivity contribution in [1.82, 2.24) is 9.44 Å². The monoisotopic (exact) mass is 434 g/mol. The summed E-state index contributed by atoms with van der Waals surface area (Å²) in [5.41, 5.74) is 0. The highest BCUT2D eigenvalue weighted by Crippen LogP contribution is 2.27. The van der Waals surface area contributed by atoms with Crippen molar-refractivity contribution in [3.05, 3.63) is 23.2 Å². The van der Waals surface area contributed by atoms with Crippen LogP contribution in [0.25, 0.3) is 0 Å². The van der Waals surface area contributed by atoms with E-state index in [1.54, 1.807) is 0 Å². The molecular formula is C18H27ClN2O4S2. The van der Waals surface area contributed by atoms with Crippen molar-refractivity contribution in [3.8, 4) is 0 Å². The summed E-state index contributed by atoms with van der Waals surface area (Å²) in [5.74, 6) is 0. The molecule has 2 aliphatic carbocycles. The number of rotatable bonds is 6. The lowest BCUT2D eigenvalue weighted by Gasteiger charge is -2.24. The van der Waals surface area contributed by atoms with Gasteiger partial charge in [-0.05, 0) is 43.9 Å². The van der Waals surface area contributed by atoms with Crippen LogP contribution in [0.1, 0.15) is 64.2 Å². The van der Waals surface area contributed by atoms with Crippen LogP contribution >= 0.6 is 11.6 Å². The largest absolute Gasteiger partial charge is 0.242 e. The standard InChI is InChI=1S/C18H27ClN2O4S2/c19-17-12-11-16(26(22,23)20-14-7-3-1-4-8-14)13-18(17)27(24,25)21-15-9-5-2-6-10-15/h11-15,20-21H,1-10H2. The van der Waals surface area contributed by atoms with E-state index in [-0.39, 0.29) is 26.9 Å². The fourth-order valence-electron chi connectivity index (χ4n) is 3.87. The molecule has 0 unspecified atom stereocenters. The van der Waals surface area contributed by atoms with E-state index in [4.69, 9.17) is 11.6 Å². The topological polar surface area (TPSA) is 92.3 Å². The van der Waals surface area contributed by atoms with Crippen LogP contribution in [0.4, 0.5) is 0 Å². The van der Waals surface area contributed by atoms with Gasteiger partial charge < -0.3 is 0 Å². The molecule has 0 atom stereocenters. The van der Waals surface area contributed by atoms with Crippen molar-refractivity contribution in [1.29, 1.82) is 0 Å². The molecule has 1 aromatic rings. The van der Waals surface area contributed by atoms with E-state index in [2.05, 4.69) is 9.44 Å². The van der Waals surface area contributed by atoms with Crippen LogP contribution in [-0.4, -0.2) is 28.9 Å². The Bertz CT molecular complexity index is 859. The first kappa shape index (κ1) is 21.0. The maximum absolute atomic E-state index is 12.8. The fraction of sp³-hybridized carbons (Fsp3) is 0.667.